The van der Waals surface area contributed by atoms with Crippen molar-refractivity contribution in [1.29, 1.82) is 0 Å². The third-order valence-corrected chi connectivity index (χ3v) is 3.27. The van der Waals surface area contributed by atoms with Crippen LogP contribution >= 0.6 is 11.8 Å². The Morgan fingerprint density at radius 2 is 2.35 bits per heavy atom. The van der Waals surface area contributed by atoms with Crippen molar-refractivity contribution in [3.05, 3.63) is 22.2 Å². The second-order valence-corrected chi connectivity index (χ2v) is 4.39. The van der Waals surface area contributed by atoms with Crippen LogP contribution in [0.3, 0.4) is 0 Å². The smallest absolute Gasteiger partial charge is 0.317 e. The molecule has 17 heavy (non-hydrogen) atoms. The number of anilines is 1. The molecule has 1 atom stereocenters. The lowest BCUT2D eigenvalue weighted by Gasteiger charge is -2.08. The van der Waals surface area contributed by atoms with Gasteiger partial charge in [0.25, 0.3) is 0 Å². The van der Waals surface area contributed by atoms with E-state index >= 15 is 0 Å². The Morgan fingerprint density at radius 3 is 2.76 bits per heavy atom. The molecule has 0 spiro atoms. The third-order valence-electron chi connectivity index (χ3n) is 1.98. The van der Waals surface area contributed by atoms with Crippen molar-refractivity contribution in [2.24, 2.45) is 0 Å². The molecule has 1 rings (SSSR count). The number of nitrogens with two attached hydrogens (primary N) is 1. The van der Waals surface area contributed by atoms with Crippen molar-refractivity contribution in [3.63, 3.8) is 0 Å². The number of nitro groups is 1. The fraction of sp³-hybridized carbons (Fsp3) is 0.333. The number of rotatable bonds is 5. The largest absolute Gasteiger partial charge is 0.480 e. The zero-order valence-corrected chi connectivity index (χ0v) is 9.81. The second-order valence-electron chi connectivity index (χ2n) is 3.16. The van der Waals surface area contributed by atoms with E-state index < -0.39 is 16.1 Å². The number of carboxylic acid groups (broad SMARTS) is 1. The molecule has 0 aliphatic heterocycles. The first kappa shape index (κ1) is 13.2. The molecule has 1 aromatic heterocycles. The summed E-state index contributed by atoms with van der Waals surface area (Å²) in [6, 6.07) is 2.62. The minimum absolute atomic E-state index is 0.208. The van der Waals surface area contributed by atoms with Gasteiger partial charge in [-0.3, -0.25) is 14.9 Å². The van der Waals surface area contributed by atoms with Crippen molar-refractivity contribution < 1.29 is 14.8 Å². The van der Waals surface area contributed by atoms with Crippen LogP contribution in [0, 0.1) is 10.1 Å². The Balaban J connectivity index is 2.90. The van der Waals surface area contributed by atoms with Crippen LogP contribution in [0.4, 0.5) is 11.5 Å². The SMILES string of the molecule is CCC(Sc1ccc([N+](=O)[O-])c(N)n1)C(=O)O. The van der Waals surface area contributed by atoms with Crippen LogP contribution in [0.1, 0.15) is 13.3 Å². The van der Waals surface area contributed by atoms with Crippen LogP contribution in [0.15, 0.2) is 17.2 Å². The Kier molecular flexibility index (Phi) is 4.27. The molecular formula is C9H11N3O4S. The van der Waals surface area contributed by atoms with E-state index in [0.29, 0.717) is 11.4 Å². The van der Waals surface area contributed by atoms with E-state index in [9.17, 15) is 14.9 Å². The Bertz CT molecular complexity index is 452. The summed E-state index contributed by atoms with van der Waals surface area (Å²) in [5.41, 5.74) is 5.12. The molecule has 0 aliphatic rings. The maximum absolute atomic E-state index is 10.8. The molecule has 7 nitrogen and oxygen atoms in total. The Morgan fingerprint density at radius 1 is 1.71 bits per heavy atom. The molecule has 3 N–H and O–H groups in total. The average Bonchev–Trinajstić information content (AvgIpc) is 2.24. The van der Waals surface area contributed by atoms with E-state index in [-0.39, 0.29) is 11.5 Å². The fourth-order valence-electron chi connectivity index (χ4n) is 1.12. The maximum atomic E-state index is 10.8. The summed E-state index contributed by atoms with van der Waals surface area (Å²) in [5.74, 6) is -1.16. The normalized spacial score (nSPS) is 12.1. The van der Waals surface area contributed by atoms with Gasteiger partial charge in [-0.05, 0) is 12.5 Å². The maximum Gasteiger partial charge on any atom is 0.317 e. The van der Waals surface area contributed by atoms with Gasteiger partial charge >= 0.3 is 11.7 Å². The summed E-state index contributed by atoms with van der Waals surface area (Å²) in [7, 11) is 0. The van der Waals surface area contributed by atoms with Gasteiger partial charge in [0.05, 0.1) is 9.95 Å². The first-order valence-electron chi connectivity index (χ1n) is 4.76. The molecule has 1 aromatic rings. The minimum Gasteiger partial charge on any atom is -0.480 e. The quantitative estimate of drug-likeness (QED) is 0.466. The van der Waals surface area contributed by atoms with E-state index in [4.69, 9.17) is 10.8 Å². The number of hydrogen-bond acceptors (Lipinski definition) is 6. The summed E-state index contributed by atoms with van der Waals surface area (Å²) in [6.07, 6.45) is 0.429. The van der Waals surface area contributed by atoms with E-state index in [1.807, 2.05) is 0 Å². The zero-order valence-electron chi connectivity index (χ0n) is 8.99. The van der Waals surface area contributed by atoms with Gasteiger partial charge < -0.3 is 10.8 Å². The van der Waals surface area contributed by atoms with E-state index in [1.54, 1.807) is 6.92 Å². The van der Waals surface area contributed by atoms with Gasteiger partial charge in [0, 0.05) is 6.07 Å². The number of hydrogen-bond donors (Lipinski definition) is 2. The fourth-order valence-corrected chi connectivity index (χ4v) is 1.98. The topological polar surface area (TPSA) is 119 Å². The number of pyridine rings is 1. The molecule has 0 bridgehead atoms. The predicted octanol–water partition coefficient (Wildman–Crippen LogP) is 1.53. The number of carbonyl (C=O) groups is 1. The van der Waals surface area contributed by atoms with Gasteiger partial charge in [0.15, 0.2) is 0 Å². The molecule has 92 valence electrons. The molecule has 0 radical (unpaired) electrons. The van der Waals surface area contributed by atoms with Gasteiger partial charge in [0.1, 0.15) is 5.25 Å². The van der Waals surface area contributed by atoms with Gasteiger partial charge in [0.2, 0.25) is 5.82 Å². The van der Waals surface area contributed by atoms with Gasteiger partial charge in [-0.25, -0.2) is 4.98 Å². The highest BCUT2D eigenvalue weighted by Gasteiger charge is 2.19. The summed E-state index contributed by atoms with van der Waals surface area (Å²) >= 11 is 1.02. The number of aliphatic carboxylic acids is 1. The second kappa shape index (κ2) is 5.48. The summed E-state index contributed by atoms with van der Waals surface area (Å²) in [6.45, 7) is 1.74. The molecule has 0 amide bonds. The molecule has 1 heterocycles. The van der Waals surface area contributed by atoms with Gasteiger partial charge in [-0.15, -0.1) is 0 Å². The van der Waals surface area contributed by atoms with Crippen molar-refractivity contribution in [1.82, 2.24) is 4.98 Å². The molecule has 0 aromatic carbocycles. The highest BCUT2D eigenvalue weighted by atomic mass is 32.2. The molecule has 0 aliphatic carbocycles. The van der Waals surface area contributed by atoms with Crippen LogP contribution in [-0.2, 0) is 4.79 Å². The van der Waals surface area contributed by atoms with Crippen molar-refractivity contribution >= 4 is 29.2 Å². The number of nitrogens with zero attached hydrogens (tertiary/aromatic N) is 2. The molecular weight excluding hydrogens is 246 g/mol. The van der Waals surface area contributed by atoms with Crippen molar-refractivity contribution in [3.8, 4) is 0 Å². The molecule has 8 heteroatoms. The van der Waals surface area contributed by atoms with Crippen molar-refractivity contribution in [2.75, 3.05) is 5.73 Å². The van der Waals surface area contributed by atoms with Crippen LogP contribution in [0.2, 0.25) is 0 Å². The average molecular weight is 257 g/mol. The van der Waals surface area contributed by atoms with Crippen LogP contribution in [0.5, 0.6) is 0 Å². The highest BCUT2D eigenvalue weighted by molar-refractivity contribution is 8.00. The number of nitrogen functional groups attached to an aromatic ring is 1. The number of aromatic nitrogens is 1. The summed E-state index contributed by atoms with van der Waals surface area (Å²) in [4.78, 5) is 24.5. The molecule has 1 unspecified atom stereocenters. The van der Waals surface area contributed by atoms with Gasteiger partial charge in [-0.1, -0.05) is 18.7 Å². The zero-order chi connectivity index (χ0) is 13.0. The first-order valence-corrected chi connectivity index (χ1v) is 5.64. The first-order chi connectivity index (χ1) is 7.95. The number of thioether (sulfide) groups is 1. The molecule has 0 fully saturated rings. The lowest BCUT2D eigenvalue weighted by atomic mass is 10.3. The van der Waals surface area contributed by atoms with E-state index in [2.05, 4.69) is 4.98 Å². The molecule has 0 saturated carbocycles. The lowest BCUT2D eigenvalue weighted by molar-refractivity contribution is -0.384. The Hall–Kier alpha value is -1.83. The molecule has 0 saturated heterocycles. The predicted molar refractivity (Wildman–Crippen MR) is 62.9 cm³/mol. The van der Waals surface area contributed by atoms with Gasteiger partial charge in [-0.2, -0.15) is 0 Å². The summed E-state index contributed by atoms with van der Waals surface area (Å²) < 4.78 is 0. The van der Waals surface area contributed by atoms with E-state index in [1.165, 1.54) is 12.1 Å². The standard InChI is InChI=1S/C9H11N3O4S/c1-2-6(9(13)14)17-7-4-3-5(12(15)16)8(10)11-7/h3-4,6H,2H2,1H3,(H2,10,11)(H,13,14). The Labute approximate surface area is 101 Å². The van der Waals surface area contributed by atoms with Crippen LogP contribution in [-0.4, -0.2) is 26.2 Å². The highest BCUT2D eigenvalue weighted by Crippen LogP contribution is 2.28. The monoisotopic (exact) mass is 257 g/mol. The lowest BCUT2D eigenvalue weighted by Crippen LogP contribution is -2.15. The van der Waals surface area contributed by atoms with E-state index in [0.717, 1.165) is 11.8 Å². The van der Waals surface area contributed by atoms with Crippen LogP contribution < -0.4 is 5.73 Å². The minimum atomic E-state index is -0.948. The summed E-state index contributed by atoms with van der Waals surface area (Å²) in [5, 5.41) is 19.1. The third kappa shape index (κ3) is 3.31. The van der Waals surface area contributed by atoms with Crippen LogP contribution in [0.25, 0.3) is 0 Å². The number of carboxylic acids is 1. The van der Waals surface area contributed by atoms with Crippen molar-refractivity contribution in [2.45, 2.75) is 23.6 Å².